The number of hydrogen-bond donors (Lipinski definition) is 1. The van der Waals surface area contributed by atoms with Crippen LogP contribution in [0.15, 0.2) is 47.1 Å². The zero-order valence-electron chi connectivity index (χ0n) is 19.0. The highest BCUT2D eigenvalue weighted by Gasteiger charge is 2.37. The Morgan fingerprint density at radius 2 is 1.50 bits per heavy atom. The Kier molecular flexibility index (Phi) is 8.06. The average Bonchev–Trinajstić information content (AvgIpc) is 3.14. The van der Waals surface area contributed by atoms with E-state index in [1.54, 1.807) is 24.3 Å². The molecule has 1 heterocycles. The normalized spacial score (nSPS) is 14.3. The minimum atomic E-state index is -2.34. The quantitative estimate of drug-likeness (QED) is 0.100. The lowest BCUT2D eigenvalue weighted by Crippen LogP contribution is -2.25. The van der Waals surface area contributed by atoms with E-state index in [4.69, 9.17) is 9.84 Å². The van der Waals surface area contributed by atoms with Crippen LogP contribution in [0, 0.1) is 36.2 Å². The maximum absolute atomic E-state index is 14.3. The first-order valence-electron chi connectivity index (χ1n) is 10.5. The Morgan fingerprint density at radius 3 is 2.03 bits per heavy atom. The monoisotopic (exact) mass is 754 g/mol. The first-order valence-corrected chi connectivity index (χ1v) is 12.6. The summed E-state index contributed by atoms with van der Waals surface area (Å²) in [5, 5.41) is 12.9. The number of aromatic carboxylic acids is 1. The van der Waals surface area contributed by atoms with Crippen LogP contribution in [-0.2, 0) is 11.4 Å². The van der Waals surface area contributed by atoms with Crippen molar-refractivity contribution in [2.75, 3.05) is 5.01 Å². The van der Waals surface area contributed by atoms with Crippen LogP contribution in [0.3, 0.4) is 0 Å². The topological polar surface area (TPSA) is 79.2 Å². The molecule has 6 nitrogen and oxygen atoms in total. The molecule has 0 bridgehead atoms. The van der Waals surface area contributed by atoms with Gasteiger partial charge in [0.25, 0.3) is 5.91 Å². The summed E-state index contributed by atoms with van der Waals surface area (Å²) < 4.78 is 76.5. The number of halogens is 7. The largest absolute Gasteiger partial charge is 0.487 e. The third-order valence-corrected chi connectivity index (χ3v) is 6.98. The molecular formula is C25H13F5I2N2O4. The molecule has 1 N–H and O–H groups in total. The highest BCUT2D eigenvalue weighted by atomic mass is 127. The van der Waals surface area contributed by atoms with Crippen LogP contribution in [0.2, 0.25) is 0 Å². The Balaban J connectivity index is 1.59. The lowest BCUT2D eigenvalue weighted by Gasteiger charge is -2.15. The fourth-order valence-electron chi connectivity index (χ4n) is 3.48. The molecule has 0 saturated heterocycles. The molecule has 0 aromatic heterocycles. The van der Waals surface area contributed by atoms with Gasteiger partial charge in [0.1, 0.15) is 18.0 Å². The SMILES string of the molecule is CC1=NN(c2c(F)c(F)c(F)c(F)c2F)C(=O)/C1=C/c1cc(I)c(OCc2ccc(C(=O)O)cc2)c(I)c1. The van der Waals surface area contributed by atoms with E-state index in [-0.39, 0.29) is 28.5 Å². The van der Waals surface area contributed by atoms with Crippen LogP contribution in [0.25, 0.3) is 6.08 Å². The lowest BCUT2D eigenvalue weighted by molar-refractivity contribution is -0.114. The second-order valence-electron chi connectivity index (χ2n) is 7.88. The van der Waals surface area contributed by atoms with E-state index < -0.39 is 46.6 Å². The molecule has 0 fully saturated rings. The van der Waals surface area contributed by atoms with E-state index in [0.717, 1.165) is 5.56 Å². The molecule has 0 unspecified atom stereocenters. The molecule has 196 valence electrons. The summed E-state index contributed by atoms with van der Waals surface area (Å²) in [6, 6.07) is 9.52. The maximum atomic E-state index is 14.3. The van der Waals surface area contributed by atoms with Gasteiger partial charge in [0, 0.05) is 0 Å². The summed E-state index contributed by atoms with van der Waals surface area (Å²) >= 11 is 4.03. The predicted octanol–water partition coefficient (Wildman–Crippen LogP) is 6.67. The Labute approximate surface area is 239 Å². The van der Waals surface area contributed by atoms with E-state index in [9.17, 15) is 31.5 Å². The van der Waals surface area contributed by atoms with Gasteiger partial charge in [-0.25, -0.2) is 26.7 Å². The fraction of sp³-hybridized carbons (Fsp3) is 0.0800. The molecule has 0 atom stereocenters. The number of nitrogens with zero attached hydrogens (tertiary/aromatic N) is 2. The van der Waals surface area contributed by atoms with Gasteiger partial charge in [0.05, 0.1) is 24.0 Å². The smallest absolute Gasteiger partial charge is 0.335 e. The minimum absolute atomic E-state index is 0.00842. The molecule has 0 radical (unpaired) electrons. The van der Waals surface area contributed by atoms with Crippen molar-refractivity contribution in [3.63, 3.8) is 0 Å². The van der Waals surface area contributed by atoms with Crippen molar-refractivity contribution in [2.24, 2.45) is 5.10 Å². The molecule has 13 heteroatoms. The van der Waals surface area contributed by atoms with Gasteiger partial charge in [-0.15, -0.1) is 0 Å². The number of carbonyl (C=O) groups is 2. The summed E-state index contributed by atoms with van der Waals surface area (Å²) in [4.78, 5) is 23.9. The van der Waals surface area contributed by atoms with Gasteiger partial charge < -0.3 is 9.84 Å². The van der Waals surface area contributed by atoms with Crippen molar-refractivity contribution in [1.82, 2.24) is 0 Å². The van der Waals surface area contributed by atoms with Crippen molar-refractivity contribution >= 4 is 74.5 Å². The number of benzene rings is 3. The standard InChI is InChI=1S/C25H13F5I2N2O4/c1-10-14(24(35)34(33-10)22-20(29)18(27)17(26)19(28)21(22)30)6-12-7-15(31)23(16(32)8-12)38-9-11-2-4-13(5-3-11)25(36)37/h2-8H,9H2,1H3,(H,36,37)/b14-6+. The molecule has 1 amide bonds. The van der Waals surface area contributed by atoms with Crippen molar-refractivity contribution in [3.8, 4) is 5.75 Å². The summed E-state index contributed by atoms with van der Waals surface area (Å²) in [6.45, 7) is 1.52. The number of carboxylic acids is 1. The van der Waals surface area contributed by atoms with Gasteiger partial charge in [-0.1, -0.05) is 12.1 Å². The van der Waals surface area contributed by atoms with Crippen LogP contribution in [0.4, 0.5) is 27.6 Å². The first kappa shape index (κ1) is 27.9. The number of carbonyl (C=O) groups excluding carboxylic acids is 1. The summed E-state index contributed by atoms with van der Waals surface area (Å²) in [6.07, 6.45) is 1.38. The van der Waals surface area contributed by atoms with Gasteiger partial charge in [0.15, 0.2) is 23.3 Å². The molecular weight excluding hydrogens is 741 g/mol. The molecule has 3 aromatic rings. The zero-order valence-corrected chi connectivity index (χ0v) is 23.3. The van der Waals surface area contributed by atoms with Crippen LogP contribution in [0.5, 0.6) is 5.75 Å². The van der Waals surface area contributed by atoms with E-state index in [1.165, 1.54) is 25.1 Å². The van der Waals surface area contributed by atoms with Crippen molar-refractivity contribution < 1.29 is 41.4 Å². The average molecular weight is 754 g/mol. The number of hydrogen-bond acceptors (Lipinski definition) is 4. The predicted molar refractivity (Wildman–Crippen MR) is 144 cm³/mol. The minimum Gasteiger partial charge on any atom is -0.487 e. The molecule has 38 heavy (non-hydrogen) atoms. The Hall–Kier alpha value is -3.08. The van der Waals surface area contributed by atoms with Gasteiger partial charge in [-0.2, -0.15) is 10.1 Å². The Morgan fingerprint density at radius 1 is 0.974 bits per heavy atom. The van der Waals surface area contributed by atoms with Crippen LogP contribution in [-0.4, -0.2) is 22.7 Å². The second-order valence-corrected chi connectivity index (χ2v) is 10.2. The third-order valence-electron chi connectivity index (χ3n) is 5.38. The zero-order chi connectivity index (χ0) is 27.9. The van der Waals surface area contributed by atoms with Crippen molar-refractivity contribution in [2.45, 2.75) is 13.5 Å². The fourth-order valence-corrected chi connectivity index (χ4v) is 5.61. The maximum Gasteiger partial charge on any atom is 0.335 e. The van der Waals surface area contributed by atoms with E-state index in [1.807, 2.05) is 45.2 Å². The number of carboxylic acid groups (broad SMARTS) is 1. The van der Waals surface area contributed by atoms with Gasteiger partial charge in [0.2, 0.25) is 5.82 Å². The summed E-state index contributed by atoms with van der Waals surface area (Å²) in [7, 11) is 0. The first-order chi connectivity index (χ1) is 17.9. The van der Waals surface area contributed by atoms with Crippen LogP contribution in [0.1, 0.15) is 28.4 Å². The second kappa shape index (κ2) is 11.0. The Bertz CT molecular complexity index is 1510. The third kappa shape index (κ3) is 5.25. The molecule has 0 saturated carbocycles. The van der Waals surface area contributed by atoms with Crippen molar-refractivity contribution in [3.05, 3.63) is 94.9 Å². The number of hydrazone groups is 1. The number of anilines is 1. The molecule has 0 aliphatic carbocycles. The highest BCUT2D eigenvalue weighted by Crippen LogP contribution is 2.35. The lowest BCUT2D eigenvalue weighted by atomic mass is 10.1. The number of amides is 1. The molecule has 1 aliphatic heterocycles. The van der Waals surface area contributed by atoms with E-state index in [2.05, 4.69) is 5.10 Å². The molecule has 1 aliphatic rings. The summed E-state index contributed by atoms with van der Waals surface area (Å²) in [5.74, 6) is -12.6. The van der Waals surface area contributed by atoms with Crippen LogP contribution < -0.4 is 9.75 Å². The molecule has 4 rings (SSSR count). The van der Waals surface area contributed by atoms with E-state index in [0.29, 0.717) is 18.5 Å². The van der Waals surface area contributed by atoms with Crippen molar-refractivity contribution in [1.29, 1.82) is 0 Å². The van der Waals surface area contributed by atoms with Crippen LogP contribution >= 0.6 is 45.2 Å². The van der Waals surface area contributed by atoms with Gasteiger partial charge >= 0.3 is 5.97 Å². The van der Waals surface area contributed by atoms with Gasteiger partial charge in [-0.05, 0) is 93.6 Å². The number of ether oxygens (including phenoxy) is 1. The van der Waals surface area contributed by atoms with E-state index >= 15 is 0 Å². The molecule has 0 spiro atoms. The highest BCUT2D eigenvalue weighted by molar-refractivity contribution is 14.1. The number of rotatable bonds is 6. The molecule has 3 aromatic carbocycles. The van der Waals surface area contributed by atoms with Gasteiger partial charge in [-0.3, -0.25) is 4.79 Å². The summed E-state index contributed by atoms with van der Waals surface area (Å²) in [5.41, 5.74) is -0.173.